The molecule has 1 saturated heterocycles. The van der Waals surface area contributed by atoms with E-state index in [0.717, 1.165) is 12.8 Å². The van der Waals surface area contributed by atoms with Crippen molar-refractivity contribution in [1.82, 2.24) is 4.90 Å². The highest BCUT2D eigenvalue weighted by Gasteiger charge is 2.36. The van der Waals surface area contributed by atoms with Gasteiger partial charge in [-0.05, 0) is 6.42 Å². The van der Waals surface area contributed by atoms with Crippen molar-refractivity contribution >= 4 is 11.8 Å². The van der Waals surface area contributed by atoms with Crippen molar-refractivity contribution in [1.29, 1.82) is 0 Å². The number of amides is 2. The Morgan fingerprint density at radius 2 is 2.40 bits per heavy atom. The van der Waals surface area contributed by atoms with Gasteiger partial charge in [-0.2, -0.15) is 0 Å². The Bertz CT molecular complexity index is 255. The lowest BCUT2D eigenvalue weighted by Crippen LogP contribution is -2.39. The van der Waals surface area contributed by atoms with E-state index in [2.05, 4.69) is 0 Å². The molecule has 0 aromatic heterocycles. The first-order chi connectivity index (χ1) is 7.10. The summed E-state index contributed by atoms with van der Waals surface area (Å²) in [6.07, 6.45) is 1.85. The number of primary amides is 1. The first-order valence-electron chi connectivity index (χ1n) is 5.29. The van der Waals surface area contributed by atoms with Crippen LogP contribution in [0.5, 0.6) is 0 Å². The van der Waals surface area contributed by atoms with Gasteiger partial charge in [-0.3, -0.25) is 9.59 Å². The second-order valence-electron chi connectivity index (χ2n) is 3.97. The van der Waals surface area contributed by atoms with E-state index >= 15 is 0 Å². The summed E-state index contributed by atoms with van der Waals surface area (Å²) in [7, 11) is 0. The van der Waals surface area contributed by atoms with E-state index in [1.807, 2.05) is 6.92 Å². The van der Waals surface area contributed by atoms with Crippen molar-refractivity contribution in [3.63, 3.8) is 0 Å². The van der Waals surface area contributed by atoms with Gasteiger partial charge < -0.3 is 15.7 Å². The number of nitrogens with two attached hydrogens (primary N) is 1. The summed E-state index contributed by atoms with van der Waals surface area (Å²) in [4.78, 5) is 24.1. The molecule has 0 aromatic carbocycles. The molecule has 0 saturated carbocycles. The highest BCUT2D eigenvalue weighted by atomic mass is 16.3. The molecule has 86 valence electrons. The predicted octanol–water partition coefficient (Wildman–Crippen LogP) is -0.519. The molecule has 5 nitrogen and oxygen atoms in total. The molecule has 0 aromatic rings. The maximum Gasteiger partial charge on any atom is 0.223 e. The second kappa shape index (κ2) is 5.11. The third-order valence-corrected chi connectivity index (χ3v) is 2.83. The molecule has 2 unspecified atom stereocenters. The fourth-order valence-corrected chi connectivity index (χ4v) is 1.95. The molecule has 2 amide bonds. The number of nitrogens with zero attached hydrogens (tertiary/aromatic N) is 1. The van der Waals surface area contributed by atoms with Crippen molar-refractivity contribution in [2.24, 2.45) is 11.7 Å². The van der Waals surface area contributed by atoms with E-state index in [9.17, 15) is 9.59 Å². The van der Waals surface area contributed by atoms with Crippen molar-refractivity contribution < 1.29 is 14.7 Å². The smallest absolute Gasteiger partial charge is 0.223 e. The molecule has 1 aliphatic rings. The van der Waals surface area contributed by atoms with Crippen LogP contribution in [0, 0.1) is 5.92 Å². The molecule has 0 spiro atoms. The van der Waals surface area contributed by atoms with Crippen LogP contribution in [0.25, 0.3) is 0 Å². The molecule has 1 aliphatic heterocycles. The van der Waals surface area contributed by atoms with E-state index < -0.39 is 5.91 Å². The lowest BCUT2D eigenvalue weighted by molar-refractivity contribution is -0.131. The quantitative estimate of drug-likeness (QED) is 0.646. The molecule has 0 bridgehead atoms. The number of carbonyl (C=O) groups excluding carboxylic acids is 2. The van der Waals surface area contributed by atoms with Crippen molar-refractivity contribution in [3.05, 3.63) is 0 Å². The number of likely N-dealkylation sites (tertiary alicyclic amines) is 1. The molecule has 3 N–H and O–H groups in total. The van der Waals surface area contributed by atoms with E-state index in [1.165, 1.54) is 0 Å². The maximum atomic E-state index is 11.6. The summed E-state index contributed by atoms with van der Waals surface area (Å²) in [5.74, 6) is -0.895. The van der Waals surface area contributed by atoms with Crippen LogP contribution in [-0.2, 0) is 9.59 Å². The number of hydrogen-bond acceptors (Lipinski definition) is 3. The average molecular weight is 214 g/mol. The molecular formula is C10H18N2O3. The molecular weight excluding hydrogens is 196 g/mol. The first kappa shape index (κ1) is 12.0. The highest BCUT2D eigenvalue weighted by Crippen LogP contribution is 2.21. The monoisotopic (exact) mass is 214 g/mol. The fraction of sp³-hybridized carbons (Fsp3) is 0.800. The van der Waals surface area contributed by atoms with Crippen LogP contribution in [0.4, 0.5) is 0 Å². The van der Waals surface area contributed by atoms with Gasteiger partial charge in [-0.25, -0.2) is 0 Å². The first-order valence-corrected chi connectivity index (χ1v) is 5.29. The Hall–Kier alpha value is -1.10. The van der Waals surface area contributed by atoms with Gasteiger partial charge in [-0.1, -0.05) is 13.3 Å². The van der Waals surface area contributed by atoms with Crippen LogP contribution in [0.2, 0.25) is 0 Å². The maximum absolute atomic E-state index is 11.6. The van der Waals surface area contributed by atoms with Gasteiger partial charge >= 0.3 is 0 Å². The zero-order valence-corrected chi connectivity index (χ0v) is 8.98. The van der Waals surface area contributed by atoms with Crippen molar-refractivity contribution in [2.75, 3.05) is 13.2 Å². The summed E-state index contributed by atoms with van der Waals surface area (Å²) in [6.45, 7) is 2.30. The SMILES string of the molecule is CCCC(CO)N1CC(C(N)=O)CC1=O. The molecule has 1 fully saturated rings. The predicted molar refractivity (Wildman–Crippen MR) is 54.8 cm³/mol. The highest BCUT2D eigenvalue weighted by molar-refractivity contribution is 5.88. The van der Waals surface area contributed by atoms with Gasteiger partial charge in [0.1, 0.15) is 0 Å². The fourth-order valence-electron chi connectivity index (χ4n) is 1.95. The number of hydrogen-bond donors (Lipinski definition) is 2. The second-order valence-corrected chi connectivity index (χ2v) is 3.97. The summed E-state index contributed by atoms with van der Waals surface area (Å²) in [5.41, 5.74) is 5.16. The van der Waals surface area contributed by atoms with Crippen molar-refractivity contribution in [3.8, 4) is 0 Å². The van der Waals surface area contributed by atoms with E-state index in [0.29, 0.717) is 6.54 Å². The van der Waals surface area contributed by atoms with E-state index in [-0.39, 0.29) is 30.9 Å². The van der Waals surface area contributed by atoms with Crippen LogP contribution in [0.15, 0.2) is 0 Å². The Balaban J connectivity index is 2.62. The van der Waals surface area contributed by atoms with Gasteiger partial charge in [-0.15, -0.1) is 0 Å². The van der Waals surface area contributed by atoms with E-state index in [4.69, 9.17) is 10.8 Å². The topological polar surface area (TPSA) is 83.6 Å². The van der Waals surface area contributed by atoms with E-state index in [1.54, 1.807) is 4.90 Å². The number of rotatable bonds is 5. The minimum Gasteiger partial charge on any atom is -0.394 e. The lowest BCUT2D eigenvalue weighted by atomic mass is 10.1. The van der Waals surface area contributed by atoms with Gasteiger partial charge in [0.15, 0.2) is 0 Å². The standard InChI is InChI=1S/C10H18N2O3/c1-2-3-8(6-13)12-5-7(10(11)15)4-9(12)14/h7-8,13H,2-6H2,1H3,(H2,11,15). The van der Waals surface area contributed by atoms with Crippen LogP contribution < -0.4 is 5.73 Å². The molecule has 1 rings (SSSR count). The zero-order chi connectivity index (χ0) is 11.4. The molecule has 2 atom stereocenters. The normalized spacial score (nSPS) is 23.2. The third-order valence-electron chi connectivity index (χ3n) is 2.83. The molecule has 5 heteroatoms. The summed E-state index contributed by atoms with van der Waals surface area (Å²) in [5, 5.41) is 9.15. The summed E-state index contributed by atoms with van der Waals surface area (Å²) in [6, 6.07) is -0.160. The average Bonchev–Trinajstić information content (AvgIpc) is 2.57. The number of aliphatic hydroxyl groups is 1. The summed E-state index contributed by atoms with van der Waals surface area (Å²) < 4.78 is 0. The Labute approximate surface area is 89.2 Å². The van der Waals surface area contributed by atoms with Gasteiger partial charge in [0.05, 0.1) is 18.6 Å². The minimum atomic E-state index is -0.431. The van der Waals surface area contributed by atoms with Gasteiger partial charge in [0.2, 0.25) is 11.8 Å². The van der Waals surface area contributed by atoms with Crippen LogP contribution in [0.1, 0.15) is 26.2 Å². The van der Waals surface area contributed by atoms with Gasteiger partial charge in [0, 0.05) is 13.0 Å². The number of carbonyl (C=O) groups is 2. The number of aliphatic hydroxyl groups excluding tert-OH is 1. The largest absolute Gasteiger partial charge is 0.394 e. The zero-order valence-electron chi connectivity index (χ0n) is 8.98. The molecule has 0 radical (unpaired) electrons. The lowest BCUT2D eigenvalue weighted by Gasteiger charge is -2.25. The Morgan fingerprint density at radius 3 is 2.80 bits per heavy atom. The minimum absolute atomic E-state index is 0.0505. The third kappa shape index (κ3) is 2.68. The molecule has 15 heavy (non-hydrogen) atoms. The Kier molecular flexibility index (Phi) is 4.08. The summed E-state index contributed by atoms with van der Waals surface area (Å²) >= 11 is 0. The molecule has 1 heterocycles. The van der Waals surface area contributed by atoms with Crippen LogP contribution in [-0.4, -0.2) is 41.0 Å². The Morgan fingerprint density at radius 1 is 1.73 bits per heavy atom. The van der Waals surface area contributed by atoms with Crippen molar-refractivity contribution in [2.45, 2.75) is 32.2 Å². The molecule has 0 aliphatic carbocycles. The van der Waals surface area contributed by atoms with Gasteiger partial charge in [0.25, 0.3) is 0 Å². The van der Waals surface area contributed by atoms with Crippen LogP contribution >= 0.6 is 0 Å². The van der Waals surface area contributed by atoms with Crippen LogP contribution in [0.3, 0.4) is 0 Å².